The predicted octanol–water partition coefficient (Wildman–Crippen LogP) is 2.16. The van der Waals surface area contributed by atoms with Crippen molar-refractivity contribution in [2.45, 2.75) is 38.5 Å². The van der Waals surface area contributed by atoms with Gasteiger partial charge in [0.05, 0.1) is 0 Å². The first-order chi connectivity index (χ1) is 4.88. The Balaban J connectivity index is 2.08. The normalized spacial score (nSPS) is 39.8. The summed E-state index contributed by atoms with van der Waals surface area (Å²) >= 11 is 0. The molecule has 0 radical (unpaired) electrons. The van der Waals surface area contributed by atoms with Crippen molar-refractivity contribution >= 4 is 5.78 Å². The van der Waals surface area contributed by atoms with Crippen LogP contribution in [0, 0.1) is 11.8 Å². The van der Waals surface area contributed by atoms with E-state index in [2.05, 4.69) is 0 Å². The van der Waals surface area contributed by atoms with Crippen molar-refractivity contribution in [2.24, 2.45) is 11.8 Å². The van der Waals surface area contributed by atoms with E-state index in [4.69, 9.17) is 0 Å². The van der Waals surface area contributed by atoms with Crippen LogP contribution in [0.3, 0.4) is 0 Å². The maximum absolute atomic E-state index is 11.2. The zero-order chi connectivity index (χ0) is 6.97. The smallest absolute Gasteiger partial charge is 0.136 e. The van der Waals surface area contributed by atoms with Crippen LogP contribution in [0.25, 0.3) is 0 Å². The zero-order valence-electron chi connectivity index (χ0n) is 6.31. The number of hydrogen-bond donors (Lipinski definition) is 0. The van der Waals surface area contributed by atoms with Gasteiger partial charge >= 0.3 is 0 Å². The van der Waals surface area contributed by atoms with Gasteiger partial charge in [-0.15, -0.1) is 0 Å². The standard InChI is InChI=1S/C9H14O/c10-9-6-5-7-3-1-2-4-8(7)9/h7-8H,1-6H2/t7-,8?/m1/s1. The molecule has 2 saturated carbocycles. The molecule has 0 saturated heterocycles. The lowest BCUT2D eigenvalue weighted by atomic mass is 9.81. The minimum absolute atomic E-state index is 0.494. The second-order valence-electron chi connectivity index (χ2n) is 3.66. The van der Waals surface area contributed by atoms with Crippen LogP contribution in [0.4, 0.5) is 0 Å². The molecule has 0 aromatic heterocycles. The topological polar surface area (TPSA) is 17.1 Å². The van der Waals surface area contributed by atoms with E-state index >= 15 is 0 Å². The number of hydrogen-bond acceptors (Lipinski definition) is 1. The van der Waals surface area contributed by atoms with Crippen LogP contribution < -0.4 is 0 Å². The van der Waals surface area contributed by atoms with Crippen LogP contribution in [0.2, 0.25) is 0 Å². The molecular weight excluding hydrogens is 124 g/mol. The first-order valence-corrected chi connectivity index (χ1v) is 4.40. The lowest BCUT2D eigenvalue weighted by molar-refractivity contribution is -0.121. The van der Waals surface area contributed by atoms with Gasteiger partial charge in [-0.3, -0.25) is 4.79 Å². The van der Waals surface area contributed by atoms with Gasteiger partial charge in [0.1, 0.15) is 5.78 Å². The molecule has 1 unspecified atom stereocenters. The summed E-state index contributed by atoms with van der Waals surface area (Å²) in [7, 11) is 0. The van der Waals surface area contributed by atoms with E-state index in [1.807, 2.05) is 0 Å². The van der Waals surface area contributed by atoms with Crippen LogP contribution in [-0.2, 0) is 4.79 Å². The van der Waals surface area contributed by atoms with Gasteiger partial charge in [0.2, 0.25) is 0 Å². The van der Waals surface area contributed by atoms with Crippen molar-refractivity contribution in [1.82, 2.24) is 0 Å². The summed E-state index contributed by atoms with van der Waals surface area (Å²) < 4.78 is 0. The Labute approximate surface area is 61.8 Å². The SMILES string of the molecule is O=C1CC[C@H]2CCCCC12. The third-order valence-electron chi connectivity index (χ3n) is 3.08. The minimum atomic E-state index is 0.494. The Hall–Kier alpha value is -0.330. The summed E-state index contributed by atoms with van der Waals surface area (Å²) in [6.45, 7) is 0. The van der Waals surface area contributed by atoms with Crippen LogP contribution in [0.5, 0.6) is 0 Å². The largest absolute Gasteiger partial charge is 0.299 e. The fourth-order valence-electron chi connectivity index (χ4n) is 2.49. The molecule has 0 aliphatic heterocycles. The maximum Gasteiger partial charge on any atom is 0.136 e. The van der Waals surface area contributed by atoms with Gasteiger partial charge in [-0.25, -0.2) is 0 Å². The Kier molecular flexibility index (Phi) is 1.51. The molecule has 2 fully saturated rings. The molecule has 2 rings (SSSR count). The van der Waals surface area contributed by atoms with Gasteiger partial charge in [0.15, 0.2) is 0 Å². The van der Waals surface area contributed by atoms with Crippen molar-refractivity contribution in [3.63, 3.8) is 0 Å². The minimum Gasteiger partial charge on any atom is -0.299 e. The van der Waals surface area contributed by atoms with E-state index < -0.39 is 0 Å². The first kappa shape index (κ1) is 6.38. The van der Waals surface area contributed by atoms with E-state index in [9.17, 15) is 4.79 Å². The highest BCUT2D eigenvalue weighted by molar-refractivity contribution is 5.83. The highest BCUT2D eigenvalue weighted by Gasteiger charge is 2.35. The maximum atomic E-state index is 11.2. The average Bonchev–Trinajstić information content (AvgIpc) is 2.34. The third-order valence-corrected chi connectivity index (χ3v) is 3.08. The van der Waals surface area contributed by atoms with Crippen molar-refractivity contribution in [3.05, 3.63) is 0 Å². The number of rotatable bonds is 0. The summed E-state index contributed by atoms with van der Waals surface area (Å²) in [6.07, 6.45) is 7.28. The first-order valence-electron chi connectivity index (χ1n) is 4.40. The number of carbonyl (C=O) groups is 1. The van der Waals surface area contributed by atoms with Crippen LogP contribution in [0.1, 0.15) is 38.5 Å². The molecule has 0 aromatic rings. The molecule has 0 bridgehead atoms. The number of ketones is 1. The molecule has 0 N–H and O–H groups in total. The highest BCUT2D eigenvalue weighted by atomic mass is 16.1. The van der Waals surface area contributed by atoms with Crippen molar-refractivity contribution < 1.29 is 4.79 Å². The fourth-order valence-corrected chi connectivity index (χ4v) is 2.49. The van der Waals surface area contributed by atoms with Crippen LogP contribution in [0.15, 0.2) is 0 Å². The second kappa shape index (κ2) is 2.37. The van der Waals surface area contributed by atoms with Gasteiger partial charge in [0.25, 0.3) is 0 Å². The average molecular weight is 138 g/mol. The van der Waals surface area contributed by atoms with E-state index in [-0.39, 0.29) is 0 Å². The van der Waals surface area contributed by atoms with Crippen molar-refractivity contribution in [1.29, 1.82) is 0 Å². The zero-order valence-corrected chi connectivity index (χ0v) is 6.31. The molecular formula is C9H14O. The summed E-state index contributed by atoms with van der Waals surface area (Å²) in [5, 5.41) is 0. The number of carbonyl (C=O) groups excluding carboxylic acids is 1. The molecule has 0 heterocycles. The summed E-state index contributed by atoms with van der Waals surface area (Å²) in [5.74, 6) is 1.85. The van der Waals surface area contributed by atoms with E-state index in [1.54, 1.807) is 0 Å². The molecule has 56 valence electrons. The molecule has 1 heteroatoms. The monoisotopic (exact) mass is 138 g/mol. The van der Waals surface area contributed by atoms with Gasteiger partial charge in [-0.1, -0.05) is 12.8 Å². The Morgan fingerprint density at radius 1 is 1.10 bits per heavy atom. The Morgan fingerprint density at radius 3 is 2.70 bits per heavy atom. The van der Waals surface area contributed by atoms with Crippen LogP contribution >= 0.6 is 0 Å². The summed E-state index contributed by atoms with van der Waals surface area (Å²) in [5.41, 5.74) is 0. The molecule has 0 aromatic carbocycles. The Morgan fingerprint density at radius 2 is 1.90 bits per heavy atom. The number of Topliss-reactive ketones (excluding diaryl/α,β-unsaturated/α-hetero) is 1. The fraction of sp³-hybridized carbons (Fsp3) is 0.889. The number of fused-ring (bicyclic) bond motifs is 1. The molecule has 0 amide bonds. The highest BCUT2D eigenvalue weighted by Crippen LogP contribution is 2.39. The Bertz CT molecular complexity index is 151. The third kappa shape index (κ3) is 0.882. The lowest BCUT2D eigenvalue weighted by Gasteiger charge is -2.22. The molecule has 2 aliphatic rings. The predicted molar refractivity (Wildman–Crippen MR) is 39.7 cm³/mol. The summed E-state index contributed by atoms with van der Waals surface area (Å²) in [6, 6.07) is 0. The second-order valence-corrected chi connectivity index (χ2v) is 3.66. The van der Waals surface area contributed by atoms with Gasteiger partial charge in [-0.2, -0.15) is 0 Å². The molecule has 2 atom stereocenters. The van der Waals surface area contributed by atoms with Crippen molar-refractivity contribution in [2.75, 3.05) is 0 Å². The van der Waals surface area contributed by atoms with Crippen LogP contribution in [-0.4, -0.2) is 5.78 Å². The van der Waals surface area contributed by atoms with Gasteiger partial charge < -0.3 is 0 Å². The lowest BCUT2D eigenvalue weighted by Crippen LogP contribution is -2.18. The van der Waals surface area contributed by atoms with Gasteiger partial charge in [0, 0.05) is 12.3 Å². The van der Waals surface area contributed by atoms with E-state index in [0.717, 1.165) is 12.3 Å². The quantitative estimate of drug-likeness (QED) is 0.501. The van der Waals surface area contributed by atoms with Crippen molar-refractivity contribution in [3.8, 4) is 0 Å². The summed E-state index contributed by atoms with van der Waals surface area (Å²) in [4.78, 5) is 11.2. The van der Waals surface area contributed by atoms with Gasteiger partial charge in [-0.05, 0) is 25.2 Å². The molecule has 2 aliphatic carbocycles. The molecule has 1 nitrogen and oxygen atoms in total. The molecule has 10 heavy (non-hydrogen) atoms. The van der Waals surface area contributed by atoms with E-state index in [1.165, 1.54) is 32.1 Å². The van der Waals surface area contributed by atoms with E-state index in [0.29, 0.717) is 11.7 Å². The molecule has 0 spiro atoms.